The Morgan fingerprint density at radius 1 is 0.846 bits per heavy atom. The number of aromatic nitrogens is 2. The summed E-state index contributed by atoms with van der Waals surface area (Å²) in [5, 5.41) is 5.18. The molecular weight excluding hydrogens is 316 g/mol. The van der Waals surface area contributed by atoms with Gasteiger partial charge in [0.25, 0.3) is 0 Å². The van der Waals surface area contributed by atoms with E-state index < -0.39 is 0 Å². The van der Waals surface area contributed by atoms with Gasteiger partial charge in [0, 0.05) is 50.6 Å². The summed E-state index contributed by atoms with van der Waals surface area (Å²) in [5.41, 5.74) is 3.63. The largest absolute Gasteiger partial charge is 0.355 e. The number of allylic oxidation sites excluding steroid dienone is 4. The smallest absolute Gasteiger partial charge is 0.0549 e. The van der Waals surface area contributed by atoms with Gasteiger partial charge in [-0.05, 0) is 30.3 Å². The van der Waals surface area contributed by atoms with E-state index in [9.17, 15) is 0 Å². The molecule has 0 saturated heterocycles. The number of hydrogen-bond acceptors (Lipinski definition) is 0. The van der Waals surface area contributed by atoms with Crippen LogP contribution in [0.2, 0.25) is 0 Å². The Hall–Kier alpha value is -3.26. The van der Waals surface area contributed by atoms with Gasteiger partial charge in [-0.15, -0.1) is 0 Å². The van der Waals surface area contributed by atoms with Crippen molar-refractivity contribution in [3.05, 3.63) is 89.6 Å². The average molecular weight is 334 g/mol. The first-order chi connectivity index (χ1) is 12.9. The molecule has 26 heavy (non-hydrogen) atoms. The predicted molar refractivity (Wildman–Crippen MR) is 109 cm³/mol. The number of H-pyrrole nitrogens is 1. The van der Waals surface area contributed by atoms with Gasteiger partial charge in [-0.1, -0.05) is 54.7 Å². The van der Waals surface area contributed by atoms with Gasteiger partial charge in [0.05, 0.1) is 5.52 Å². The van der Waals surface area contributed by atoms with Crippen LogP contribution in [0.4, 0.5) is 0 Å². The number of hydrogen-bond donors (Lipinski definition) is 1. The second-order valence-electron chi connectivity index (χ2n) is 7.19. The minimum absolute atomic E-state index is 0.466. The van der Waals surface area contributed by atoms with E-state index in [0.29, 0.717) is 11.8 Å². The van der Waals surface area contributed by atoms with Crippen molar-refractivity contribution in [2.24, 2.45) is 11.8 Å². The summed E-state index contributed by atoms with van der Waals surface area (Å²) in [6.45, 7) is 0. The Labute approximate surface area is 151 Å². The van der Waals surface area contributed by atoms with Crippen molar-refractivity contribution in [2.75, 3.05) is 0 Å². The maximum absolute atomic E-state index is 3.65. The Kier molecular flexibility index (Phi) is 2.75. The number of para-hydroxylation sites is 1. The summed E-state index contributed by atoms with van der Waals surface area (Å²) in [4.78, 5) is 3.65. The summed E-state index contributed by atoms with van der Waals surface area (Å²) >= 11 is 0. The summed E-state index contributed by atoms with van der Waals surface area (Å²) in [7, 11) is 0. The molecule has 4 aromatic rings. The highest BCUT2D eigenvalue weighted by molar-refractivity contribution is 5.97. The molecule has 0 fully saturated rings. The van der Waals surface area contributed by atoms with E-state index in [1.807, 2.05) is 0 Å². The molecule has 2 aliphatic rings. The molecule has 2 atom stereocenters. The second kappa shape index (κ2) is 5.12. The third-order valence-corrected chi connectivity index (χ3v) is 5.65. The van der Waals surface area contributed by atoms with Crippen LogP contribution in [0.5, 0.6) is 0 Å². The Balaban J connectivity index is 1.64. The molecule has 2 aliphatic carbocycles. The van der Waals surface area contributed by atoms with Crippen LogP contribution in [-0.4, -0.2) is 9.55 Å². The number of nitrogens with zero attached hydrogens (tertiary/aromatic N) is 1. The number of aromatic amines is 1. The van der Waals surface area contributed by atoms with Gasteiger partial charge in [0.2, 0.25) is 0 Å². The van der Waals surface area contributed by atoms with Crippen LogP contribution in [0, 0.1) is 11.8 Å². The van der Waals surface area contributed by atoms with Crippen LogP contribution < -0.4 is 10.6 Å². The lowest BCUT2D eigenvalue weighted by atomic mass is 9.85. The van der Waals surface area contributed by atoms with E-state index in [2.05, 4.69) is 101 Å². The van der Waals surface area contributed by atoms with Crippen molar-refractivity contribution in [2.45, 2.75) is 0 Å². The second-order valence-corrected chi connectivity index (χ2v) is 7.19. The van der Waals surface area contributed by atoms with Crippen molar-refractivity contribution in [3.8, 4) is 5.69 Å². The summed E-state index contributed by atoms with van der Waals surface area (Å²) in [6, 6.07) is 17.3. The van der Waals surface area contributed by atoms with Gasteiger partial charge in [0.15, 0.2) is 0 Å². The minimum atomic E-state index is 0.466. The Bertz CT molecular complexity index is 1330. The lowest BCUT2D eigenvalue weighted by Gasteiger charge is -2.19. The van der Waals surface area contributed by atoms with Gasteiger partial charge in [-0.2, -0.15) is 0 Å². The maximum atomic E-state index is 3.65. The van der Waals surface area contributed by atoms with Crippen molar-refractivity contribution in [1.82, 2.24) is 9.55 Å². The predicted octanol–water partition coefficient (Wildman–Crippen LogP) is 4.04. The molecule has 1 N–H and O–H groups in total. The van der Waals surface area contributed by atoms with Gasteiger partial charge < -0.3 is 9.55 Å². The zero-order valence-corrected chi connectivity index (χ0v) is 14.3. The van der Waals surface area contributed by atoms with Crippen molar-refractivity contribution in [3.63, 3.8) is 0 Å². The number of nitrogens with one attached hydrogen (secondary N) is 1. The summed E-state index contributed by atoms with van der Waals surface area (Å²) in [6.07, 6.45) is 15.8. The van der Waals surface area contributed by atoms with Crippen LogP contribution in [0.1, 0.15) is 0 Å². The molecule has 0 saturated carbocycles. The Morgan fingerprint density at radius 2 is 1.65 bits per heavy atom. The molecule has 0 aliphatic heterocycles. The molecule has 6 rings (SSSR count). The zero-order chi connectivity index (χ0) is 17.1. The topological polar surface area (TPSA) is 20.7 Å². The summed E-state index contributed by atoms with van der Waals surface area (Å²) < 4.78 is 2.26. The number of rotatable bonds is 1. The maximum Gasteiger partial charge on any atom is 0.0549 e. The van der Waals surface area contributed by atoms with Gasteiger partial charge in [0.1, 0.15) is 0 Å². The van der Waals surface area contributed by atoms with E-state index in [1.165, 1.54) is 38.1 Å². The fourth-order valence-electron chi connectivity index (χ4n) is 4.35. The average Bonchev–Trinajstić information content (AvgIpc) is 3.25. The van der Waals surface area contributed by atoms with Gasteiger partial charge in [-0.3, -0.25) is 0 Å². The Morgan fingerprint density at radius 3 is 2.50 bits per heavy atom. The highest BCUT2D eigenvalue weighted by atomic mass is 15.0. The van der Waals surface area contributed by atoms with Gasteiger partial charge >= 0.3 is 0 Å². The molecule has 2 heterocycles. The van der Waals surface area contributed by atoms with E-state index >= 15 is 0 Å². The highest BCUT2D eigenvalue weighted by Crippen LogP contribution is 2.27. The molecule has 0 spiro atoms. The lowest BCUT2D eigenvalue weighted by molar-refractivity contribution is 0.722. The molecule has 0 radical (unpaired) electrons. The van der Waals surface area contributed by atoms with Crippen molar-refractivity contribution >= 4 is 34.0 Å². The first-order valence-electron chi connectivity index (χ1n) is 9.14. The quantitative estimate of drug-likeness (QED) is 0.542. The molecule has 2 unspecified atom stereocenters. The van der Waals surface area contributed by atoms with E-state index in [4.69, 9.17) is 0 Å². The van der Waals surface area contributed by atoms with Crippen LogP contribution in [0.3, 0.4) is 0 Å². The third kappa shape index (κ3) is 1.93. The highest BCUT2D eigenvalue weighted by Gasteiger charge is 2.19. The van der Waals surface area contributed by atoms with Crippen molar-refractivity contribution < 1.29 is 0 Å². The SMILES string of the molecule is C1=CC2C=c3[nH]c4cc5c(ccn5-c5ccccc5)cc4c3=CC2C=C1. The molecular formula is C24H18N2. The van der Waals surface area contributed by atoms with Crippen LogP contribution in [-0.2, 0) is 0 Å². The van der Waals surface area contributed by atoms with Crippen LogP contribution in [0.25, 0.3) is 39.6 Å². The minimum Gasteiger partial charge on any atom is -0.355 e. The normalized spacial score (nSPS) is 20.6. The lowest BCUT2D eigenvalue weighted by Crippen LogP contribution is -2.31. The third-order valence-electron chi connectivity index (χ3n) is 5.65. The molecule has 0 amide bonds. The number of fused-ring (bicyclic) bond motifs is 5. The standard InChI is InChI=1S/C24H18N2/c1-2-8-19(9-3-1)26-11-10-18-13-21-20-12-16-6-4-5-7-17(16)14-22(20)25-23(21)15-24(18)26/h1-17,25H. The van der Waals surface area contributed by atoms with Crippen molar-refractivity contribution in [1.29, 1.82) is 0 Å². The van der Waals surface area contributed by atoms with Crippen LogP contribution in [0.15, 0.2) is 79.0 Å². The molecule has 0 bridgehead atoms. The fraction of sp³-hybridized carbons (Fsp3) is 0.0833. The molecule has 124 valence electrons. The summed E-state index contributed by atoms with van der Waals surface area (Å²) in [5.74, 6) is 0.934. The molecule has 2 aromatic carbocycles. The fourth-order valence-corrected chi connectivity index (χ4v) is 4.35. The van der Waals surface area contributed by atoms with Gasteiger partial charge in [-0.25, -0.2) is 0 Å². The monoisotopic (exact) mass is 334 g/mol. The molecule has 2 heteroatoms. The van der Waals surface area contributed by atoms with Crippen LogP contribution >= 0.6 is 0 Å². The molecule has 2 aromatic heterocycles. The number of benzene rings is 2. The first kappa shape index (κ1) is 14.0. The zero-order valence-electron chi connectivity index (χ0n) is 14.3. The van der Waals surface area contributed by atoms with E-state index in [-0.39, 0.29) is 0 Å². The van der Waals surface area contributed by atoms with E-state index in [1.54, 1.807) is 0 Å². The molecule has 2 nitrogen and oxygen atoms in total. The first-order valence-corrected chi connectivity index (χ1v) is 9.14. The van der Waals surface area contributed by atoms with E-state index in [0.717, 1.165) is 0 Å².